The summed E-state index contributed by atoms with van der Waals surface area (Å²) in [5, 5.41) is 0. The van der Waals surface area contributed by atoms with Crippen LogP contribution in [0.3, 0.4) is 0 Å². The van der Waals surface area contributed by atoms with Gasteiger partial charge in [-0.2, -0.15) is 0 Å². The van der Waals surface area contributed by atoms with Crippen LogP contribution in [0.4, 0.5) is 0 Å². The van der Waals surface area contributed by atoms with Crippen LogP contribution in [-0.2, 0) is 16.6 Å². The van der Waals surface area contributed by atoms with Gasteiger partial charge in [0.15, 0.2) is 23.4 Å². The largest absolute Gasteiger partial charge is 0.493 e. The molecule has 0 N–H and O–H groups in total. The zero-order valence-electron chi connectivity index (χ0n) is 21.9. The Kier molecular flexibility index (Phi) is 1.20. The molecule has 0 amide bonds. The number of ketones is 1. The number of ether oxygens (including phenoxy) is 2. The van der Waals surface area contributed by atoms with Crippen molar-refractivity contribution in [1.29, 1.82) is 0 Å². The van der Waals surface area contributed by atoms with Gasteiger partial charge in [-0.05, 0) is 50.3 Å². The standard InChI is InChI=1S/C18H21NO3/c1-19-8-7-18-11-4-5-13(20)17(18)22-16-14(21-2)6-3-10(15(16)18)9-12(11)19/h3,6,11-12,17H,4-5,7-9H2,1-2H3/t11-,12+,17?,18-/m0/s1/i1D3,3D,5D2,6D,9D2,12D. The average molecular weight is 309 g/mol. The topological polar surface area (TPSA) is 38.8 Å². The molecule has 2 aliphatic carbocycles. The Balaban J connectivity index is 1.96. The summed E-state index contributed by atoms with van der Waals surface area (Å²) in [5.74, 6) is -2.37. The molecule has 2 aliphatic heterocycles. The minimum Gasteiger partial charge on any atom is -0.493 e. The van der Waals surface area contributed by atoms with E-state index in [-0.39, 0.29) is 35.6 Å². The van der Waals surface area contributed by atoms with Crippen molar-refractivity contribution in [3.8, 4) is 11.5 Å². The van der Waals surface area contributed by atoms with Gasteiger partial charge >= 0.3 is 0 Å². The van der Waals surface area contributed by atoms with E-state index in [1.54, 1.807) is 0 Å². The number of carbonyl (C=O) groups is 1. The van der Waals surface area contributed by atoms with Gasteiger partial charge in [-0.3, -0.25) is 4.79 Å². The van der Waals surface area contributed by atoms with Crippen LogP contribution in [-0.4, -0.2) is 43.4 Å². The Bertz CT molecular complexity index is 1070. The molecule has 4 nitrogen and oxygen atoms in total. The van der Waals surface area contributed by atoms with Crippen molar-refractivity contribution < 1.29 is 28.0 Å². The fourth-order valence-corrected chi connectivity index (χ4v) is 4.39. The van der Waals surface area contributed by atoms with Crippen molar-refractivity contribution in [2.75, 3.05) is 20.6 Å². The summed E-state index contributed by atoms with van der Waals surface area (Å²) in [5.41, 5.74) is -1.59. The molecule has 4 aliphatic rings. The number of rotatable bonds is 1. The zero-order valence-corrected chi connectivity index (χ0v) is 11.9. The molecule has 0 aromatic heterocycles. The number of piperidine rings is 1. The molecule has 4 atom stereocenters. The molecular formula is C18H21NO3. The highest BCUT2D eigenvalue weighted by Gasteiger charge is 2.65. The molecule has 1 unspecified atom stereocenters. The van der Waals surface area contributed by atoms with Gasteiger partial charge in [-0.15, -0.1) is 0 Å². The number of benzene rings is 1. The van der Waals surface area contributed by atoms with E-state index in [1.165, 1.54) is 7.11 Å². The first-order valence-electron chi connectivity index (χ1n) is 12.3. The van der Waals surface area contributed by atoms with Gasteiger partial charge in [0, 0.05) is 34.3 Å². The number of methoxy groups -OCH3 is 1. The molecule has 2 heterocycles. The van der Waals surface area contributed by atoms with Crippen molar-refractivity contribution in [3.63, 3.8) is 0 Å². The molecule has 4 heteroatoms. The molecule has 5 rings (SSSR count). The molecule has 1 saturated heterocycles. The number of hydrogen-bond donors (Lipinski definition) is 0. The molecule has 0 radical (unpaired) electrons. The molecule has 116 valence electrons. The van der Waals surface area contributed by atoms with Crippen molar-refractivity contribution in [2.24, 2.45) is 5.92 Å². The smallest absolute Gasteiger partial charge is 0.174 e. The maximum absolute atomic E-state index is 13.2. The molecule has 2 fully saturated rings. The lowest BCUT2D eigenvalue weighted by molar-refractivity contribution is -0.138. The number of carbonyl (C=O) groups excluding carboxylic acids is 1. The molecule has 1 aromatic carbocycles. The highest BCUT2D eigenvalue weighted by Crippen LogP contribution is 2.62. The Hall–Kier alpha value is -1.55. The number of nitrogens with zero attached hydrogens (tertiary/aromatic N) is 1. The summed E-state index contributed by atoms with van der Waals surface area (Å²) in [4.78, 5) is 13.9. The van der Waals surface area contributed by atoms with Crippen LogP contribution >= 0.6 is 0 Å². The molecule has 2 bridgehead atoms. The number of likely N-dealkylation sites (N-methyl/N-ethyl adjacent to an activating group) is 1. The van der Waals surface area contributed by atoms with Gasteiger partial charge in [-0.25, -0.2) is 0 Å². The zero-order chi connectivity index (χ0) is 23.8. The van der Waals surface area contributed by atoms with Gasteiger partial charge in [0.2, 0.25) is 0 Å². The van der Waals surface area contributed by atoms with E-state index in [0.29, 0.717) is 0 Å². The third kappa shape index (κ3) is 1.27. The second kappa shape index (κ2) is 4.05. The number of Topliss-reactive ketones (excluding diaryl/α,β-unsaturated/α-hetero) is 1. The molecule has 22 heavy (non-hydrogen) atoms. The van der Waals surface area contributed by atoms with Crippen LogP contribution < -0.4 is 9.47 Å². The summed E-state index contributed by atoms with van der Waals surface area (Å²) in [7, 11) is 1.25. The predicted molar refractivity (Wildman–Crippen MR) is 81.6 cm³/mol. The van der Waals surface area contributed by atoms with Crippen LogP contribution in [0.2, 0.25) is 0 Å². The van der Waals surface area contributed by atoms with Crippen molar-refractivity contribution in [3.05, 3.63) is 23.2 Å². The third-order valence-electron chi connectivity index (χ3n) is 5.32. The van der Waals surface area contributed by atoms with E-state index in [9.17, 15) is 6.17 Å². The first-order chi connectivity index (χ1) is 14.6. The fraction of sp³-hybridized carbons (Fsp3) is 0.611. The summed E-state index contributed by atoms with van der Waals surface area (Å²) in [6.07, 6.45) is -7.25. The minimum absolute atomic E-state index is 0.000799. The minimum atomic E-state index is -2.88. The first-order valence-corrected chi connectivity index (χ1v) is 7.29. The van der Waals surface area contributed by atoms with Crippen LogP contribution in [0.5, 0.6) is 11.5 Å². The van der Waals surface area contributed by atoms with E-state index in [4.69, 9.17) is 21.8 Å². The molecule has 1 saturated carbocycles. The van der Waals surface area contributed by atoms with Gasteiger partial charge in [0.05, 0.1) is 9.85 Å². The van der Waals surface area contributed by atoms with Crippen molar-refractivity contribution in [1.82, 2.24) is 4.90 Å². The summed E-state index contributed by atoms with van der Waals surface area (Å²) in [6, 6.07) is -3.59. The fourth-order valence-electron chi connectivity index (χ4n) is 4.39. The third-order valence-corrected chi connectivity index (χ3v) is 5.32. The van der Waals surface area contributed by atoms with Crippen molar-refractivity contribution >= 4 is 5.78 Å². The Morgan fingerprint density at radius 3 is 3.36 bits per heavy atom. The summed E-state index contributed by atoms with van der Waals surface area (Å²) in [6.45, 7) is -3.12. The van der Waals surface area contributed by atoms with E-state index in [2.05, 4.69) is 0 Å². The molecule has 1 aromatic rings. The highest BCUT2D eigenvalue weighted by molar-refractivity contribution is 5.89. The van der Waals surface area contributed by atoms with Gasteiger partial charge in [0.1, 0.15) is 0 Å². The summed E-state index contributed by atoms with van der Waals surface area (Å²) < 4.78 is 95.8. The quantitative estimate of drug-likeness (QED) is 0.795. The SMILES string of the molecule is [2H]c1c([2H])c2c3c(c1OC)OC1C(=O)C([2H])([2H])C[C@@H]4[C@@]31CCN(C([2H])([2H])[2H])[C@]4([2H])C2([2H])[2H]. The monoisotopic (exact) mass is 309 g/mol. The molecule has 1 spiro atoms. The first kappa shape index (κ1) is 6.52. The van der Waals surface area contributed by atoms with Gasteiger partial charge in [0.25, 0.3) is 0 Å². The van der Waals surface area contributed by atoms with E-state index in [0.717, 1.165) is 4.90 Å². The second-order valence-corrected chi connectivity index (χ2v) is 6.11. The maximum atomic E-state index is 13.2. The number of likely N-dealkylation sites (tertiary alicyclic amines) is 1. The maximum Gasteiger partial charge on any atom is 0.174 e. The Labute approximate surface area is 144 Å². The van der Waals surface area contributed by atoms with Crippen LogP contribution in [0.25, 0.3) is 0 Å². The summed E-state index contributed by atoms with van der Waals surface area (Å²) >= 11 is 0. The Morgan fingerprint density at radius 2 is 2.55 bits per heavy atom. The van der Waals surface area contributed by atoms with E-state index < -0.39 is 67.5 Å². The molecular weight excluding hydrogens is 278 g/mol. The predicted octanol–water partition coefficient (Wildman–Crippen LogP) is 1.93. The van der Waals surface area contributed by atoms with Crippen LogP contribution in [0.15, 0.2) is 12.1 Å². The van der Waals surface area contributed by atoms with Crippen LogP contribution in [0.1, 0.15) is 44.0 Å². The van der Waals surface area contributed by atoms with Crippen LogP contribution in [0, 0.1) is 5.92 Å². The lowest BCUT2D eigenvalue weighted by Crippen LogP contribution is -2.65. The lowest BCUT2D eigenvalue weighted by atomic mass is 9.52. The Morgan fingerprint density at radius 1 is 1.64 bits per heavy atom. The highest BCUT2D eigenvalue weighted by atomic mass is 16.5. The average Bonchev–Trinajstić information content (AvgIpc) is 2.98. The van der Waals surface area contributed by atoms with Gasteiger partial charge in [-0.1, -0.05) is 6.04 Å². The normalized spacial score (nSPS) is 53.6. The van der Waals surface area contributed by atoms with E-state index in [1.807, 2.05) is 0 Å². The van der Waals surface area contributed by atoms with Crippen molar-refractivity contribution in [2.45, 2.75) is 43.1 Å². The number of hydrogen-bond acceptors (Lipinski definition) is 4. The van der Waals surface area contributed by atoms with Gasteiger partial charge < -0.3 is 14.4 Å². The lowest BCUT2D eigenvalue weighted by Gasteiger charge is -2.57. The second-order valence-electron chi connectivity index (χ2n) is 6.11. The van der Waals surface area contributed by atoms with E-state index >= 15 is 0 Å².